The highest BCUT2D eigenvalue weighted by Gasteiger charge is 2.18. The van der Waals surface area contributed by atoms with Gasteiger partial charge in [0.25, 0.3) is 0 Å². The molecule has 1 saturated heterocycles. The Bertz CT molecular complexity index is 1300. The van der Waals surface area contributed by atoms with Crippen LogP contribution >= 0.6 is 11.6 Å². The number of hydrogen-bond acceptors (Lipinski definition) is 5. The predicted octanol–water partition coefficient (Wildman–Crippen LogP) is 5.17. The molecule has 0 unspecified atom stereocenters. The van der Waals surface area contributed by atoms with Gasteiger partial charge in [-0.05, 0) is 74.3 Å². The van der Waals surface area contributed by atoms with Crippen LogP contribution in [0.3, 0.4) is 0 Å². The highest BCUT2D eigenvalue weighted by atomic mass is 35.5. The number of anilines is 1. The van der Waals surface area contributed by atoms with Gasteiger partial charge >= 0.3 is 0 Å². The van der Waals surface area contributed by atoms with Crippen molar-refractivity contribution in [1.29, 1.82) is 0 Å². The molecule has 0 amide bonds. The smallest absolute Gasteiger partial charge is 0.229 e. The third kappa shape index (κ3) is 5.85. The van der Waals surface area contributed by atoms with Crippen molar-refractivity contribution in [1.82, 2.24) is 10.3 Å². The first-order chi connectivity index (χ1) is 15.8. The van der Waals surface area contributed by atoms with Gasteiger partial charge in [0.05, 0.1) is 29.1 Å². The molecule has 0 bridgehead atoms. The average molecular weight is 486 g/mol. The minimum absolute atomic E-state index is 0.389. The largest absolute Gasteiger partial charge is 0.493 e. The molecular weight excluding hydrogens is 458 g/mol. The Morgan fingerprint density at radius 2 is 1.88 bits per heavy atom. The van der Waals surface area contributed by atoms with Gasteiger partial charge in [0.2, 0.25) is 10.0 Å². The molecule has 33 heavy (non-hydrogen) atoms. The molecule has 1 aliphatic heterocycles. The minimum atomic E-state index is -3.44. The number of ether oxygens (including phenoxy) is 1. The van der Waals surface area contributed by atoms with Crippen molar-refractivity contribution in [2.45, 2.75) is 26.2 Å². The lowest BCUT2D eigenvalue weighted by Gasteiger charge is -2.22. The van der Waals surface area contributed by atoms with E-state index in [-0.39, 0.29) is 0 Å². The SMILES string of the molecule is Cc1ccc2c(OCCC(=C3CCNCC3)c3cccc(NS(C)(=O)=O)c3Cl)cccc2n1. The van der Waals surface area contributed by atoms with Gasteiger partial charge in [0.15, 0.2) is 0 Å². The van der Waals surface area contributed by atoms with E-state index in [1.165, 1.54) is 5.57 Å². The molecule has 1 fully saturated rings. The monoisotopic (exact) mass is 485 g/mol. The predicted molar refractivity (Wildman–Crippen MR) is 136 cm³/mol. The van der Waals surface area contributed by atoms with E-state index in [0.29, 0.717) is 23.7 Å². The van der Waals surface area contributed by atoms with Crippen LogP contribution in [0, 0.1) is 6.92 Å². The van der Waals surface area contributed by atoms with Crippen LogP contribution < -0.4 is 14.8 Å². The van der Waals surface area contributed by atoms with Crippen molar-refractivity contribution in [3.8, 4) is 5.75 Å². The Balaban J connectivity index is 1.62. The third-order valence-electron chi connectivity index (χ3n) is 5.69. The van der Waals surface area contributed by atoms with E-state index >= 15 is 0 Å². The maximum absolute atomic E-state index is 11.8. The molecule has 1 aliphatic rings. The van der Waals surface area contributed by atoms with Crippen molar-refractivity contribution in [2.75, 3.05) is 30.7 Å². The maximum atomic E-state index is 11.8. The summed E-state index contributed by atoms with van der Waals surface area (Å²) in [6, 6.07) is 15.4. The first kappa shape index (κ1) is 23.5. The van der Waals surface area contributed by atoms with Crippen LogP contribution in [0.5, 0.6) is 5.75 Å². The Labute approximate surface area is 200 Å². The minimum Gasteiger partial charge on any atom is -0.493 e. The number of rotatable bonds is 7. The Morgan fingerprint density at radius 3 is 2.64 bits per heavy atom. The number of nitrogens with zero attached hydrogens (tertiary/aromatic N) is 1. The van der Waals surface area contributed by atoms with E-state index in [1.807, 2.05) is 49.4 Å². The van der Waals surface area contributed by atoms with E-state index in [2.05, 4.69) is 15.0 Å². The molecule has 2 N–H and O–H groups in total. The summed E-state index contributed by atoms with van der Waals surface area (Å²) in [6.07, 6.45) is 3.63. The molecule has 0 atom stereocenters. The molecule has 8 heteroatoms. The highest BCUT2D eigenvalue weighted by Crippen LogP contribution is 2.37. The normalized spacial score (nSPS) is 14.3. The lowest BCUT2D eigenvalue weighted by molar-refractivity contribution is 0.330. The van der Waals surface area contributed by atoms with Gasteiger partial charge in [0, 0.05) is 17.5 Å². The second-order valence-corrected chi connectivity index (χ2v) is 10.4. The number of hydrogen-bond donors (Lipinski definition) is 2. The fourth-order valence-electron chi connectivity index (χ4n) is 4.19. The van der Waals surface area contributed by atoms with E-state index in [4.69, 9.17) is 16.3 Å². The third-order valence-corrected chi connectivity index (χ3v) is 6.69. The molecule has 0 radical (unpaired) electrons. The number of sulfonamides is 1. The van der Waals surface area contributed by atoms with Crippen molar-refractivity contribution in [2.24, 2.45) is 0 Å². The van der Waals surface area contributed by atoms with Gasteiger partial charge in [-0.15, -0.1) is 0 Å². The summed E-state index contributed by atoms with van der Waals surface area (Å²) in [7, 11) is -3.44. The Morgan fingerprint density at radius 1 is 1.12 bits per heavy atom. The van der Waals surface area contributed by atoms with Crippen molar-refractivity contribution >= 4 is 43.8 Å². The zero-order chi connectivity index (χ0) is 23.4. The van der Waals surface area contributed by atoms with Crippen LogP contribution in [-0.4, -0.2) is 39.4 Å². The van der Waals surface area contributed by atoms with Crippen LogP contribution in [0.1, 0.15) is 30.5 Å². The molecule has 1 aromatic heterocycles. The summed E-state index contributed by atoms with van der Waals surface area (Å²) in [5, 5.41) is 4.78. The van der Waals surface area contributed by atoms with E-state index < -0.39 is 10.0 Å². The van der Waals surface area contributed by atoms with Crippen LogP contribution in [0.2, 0.25) is 5.02 Å². The fraction of sp³-hybridized carbons (Fsp3) is 0.320. The second-order valence-electron chi connectivity index (χ2n) is 8.25. The molecular formula is C25H28ClN3O3S. The van der Waals surface area contributed by atoms with E-state index in [0.717, 1.165) is 65.7 Å². The number of pyridine rings is 1. The molecule has 4 rings (SSSR count). The molecule has 0 saturated carbocycles. The van der Waals surface area contributed by atoms with E-state index in [1.54, 1.807) is 6.07 Å². The van der Waals surface area contributed by atoms with Crippen molar-refractivity contribution in [3.05, 3.63) is 70.4 Å². The molecule has 3 aromatic rings. The summed E-state index contributed by atoms with van der Waals surface area (Å²) in [4.78, 5) is 4.58. The molecule has 2 heterocycles. The van der Waals surface area contributed by atoms with E-state index in [9.17, 15) is 8.42 Å². The number of benzene rings is 2. The standard InChI is InChI=1S/C25H28ClN3O3S/c1-17-9-10-21-22(28-17)6-4-8-24(21)32-16-13-19(18-11-14-27-15-12-18)20-5-3-7-23(25(20)26)29-33(2,30)31/h3-10,27,29H,11-16H2,1-2H3. The first-order valence-electron chi connectivity index (χ1n) is 11.0. The quantitative estimate of drug-likeness (QED) is 0.482. The average Bonchev–Trinajstić information content (AvgIpc) is 2.78. The molecule has 6 nitrogen and oxygen atoms in total. The zero-order valence-electron chi connectivity index (χ0n) is 18.8. The van der Waals surface area contributed by atoms with Crippen LogP contribution in [0.15, 0.2) is 54.1 Å². The Hall–Kier alpha value is -2.61. The number of fused-ring (bicyclic) bond motifs is 1. The fourth-order valence-corrected chi connectivity index (χ4v) is 5.11. The zero-order valence-corrected chi connectivity index (χ0v) is 20.4. The van der Waals surface area contributed by atoms with Crippen molar-refractivity contribution in [3.63, 3.8) is 0 Å². The first-order valence-corrected chi connectivity index (χ1v) is 13.3. The topological polar surface area (TPSA) is 80.3 Å². The van der Waals surface area contributed by atoms with Crippen LogP contribution in [0.25, 0.3) is 16.5 Å². The summed E-state index contributed by atoms with van der Waals surface area (Å²) in [5.74, 6) is 0.799. The lowest BCUT2D eigenvalue weighted by atomic mass is 9.91. The molecule has 2 aromatic carbocycles. The molecule has 0 spiro atoms. The van der Waals surface area contributed by atoms with Crippen molar-refractivity contribution < 1.29 is 13.2 Å². The summed E-state index contributed by atoms with van der Waals surface area (Å²) in [5.41, 5.74) is 5.56. The van der Waals surface area contributed by atoms with Crippen LogP contribution in [0.4, 0.5) is 5.69 Å². The summed E-state index contributed by atoms with van der Waals surface area (Å²) >= 11 is 6.69. The van der Waals surface area contributed by atoms with Gasteiger partial charge in [-0.2, -0.15) is 0 Å². The Kier molecular flexibility index (Phi) is 7.22. The van der Waals surface area contributed by atoms with Gasteiger partial charge in [-0.1, -0.05) is 35.4 Å². The molecule has 174 valence electrons. The number of aryl methyl sites for hydroxylation is 1. The number of aromatic nitrogens is 1. The van der Waals surface area contributed by atoms with Crippen LogP contribution in [-0.2, 0) is 10.0 Å². The summed E-state index contributed by atoms with van der Waals surface area (Å²) < 4.78 is 32.3. The van der Waals surface area contributed by atoms with Gasteiger partial charge < -0.3 is 10.1 Å². The van der Waals surface area contributed by atoms with Gasteiger partial charge in [0.1, 0.15) is 5.75 Å². The van der Waals surface area contributed by atoms with Gasteiger partial charge in [-0.3, -0.25) is 9.71 Å². The maximum Gasteiger partial charge on any atom is 0.229 e. The number of piperidine rings is 1. The van der Waals surface area contributed by atoms with Gasteiger partial charge in [-0.25, -0.2) is 8.42 Å². The number of halogens is 1. The number of nitrogens with one attached hydrogen (secondary N) is 2. The lowest BCUT2D eigenvalue weighted by Crippen LogP contribution is -2.24. The summed E-state index contributed by atoms with van der Waals surface area (Å²) in [6.45, 7) is 4.26. The molecule has 0 aliphatic carbocycles. The second kappa shape index (κ2) is 10.1. The highest BCUT2D eigenvalue weighted by molar-refractivity contribution is 7.92.